The summed E-state index contributed by atoms with van der Waals surface area (Å²) in [6.07, 6.45) is 4.32. The molecule has 4 aromatic rings. The van der Waals surface area contributed by atoms with Gasteiger partial charge in [0.2, 0.25) is 5.91 Å². The second kappa shape index (κ2) is 10.4. The standard InChI is InChI=1S/C31H30N4O4/c36-27(19-34-14-5-2-6-15-34)35-16-13-21-17-23(10-12-26(21)35)32-29(20-7-3-1-4-8-20)28-24-11-9-22(31(38)39)18-25(24)33-30(28)37/h1,3-4,7-12,17-18,33,37H,2,5-6,13-16,19H2,(H,38,39). The third-order valence-electron chi connectivity index (χ3n) is 7.62. The Labute approximate surface area is 226 Å². The maximum absolute atomic E-state index is 13.1. The van der Waals surface area contributed by atoms with Crippen molar-refractivity contribution in [3.05, 3.63) is 89.0 Å². The van der Waals surface area contributed by atoms with Gasteiger partial charge in [-0.2, -0.15) is 0 Å². The molecule has 0 aliphatic carbocycles. The van der Waals surface area contributed by atoms with Crippen molar-refractivity contribution in [3.8, 4) is 5.88 Å². The number of nitrogens with zero attached hydrogens (tertiary/aromatic N) is 3. The van der Waals surface area contributed by atoms with Crippen LogP contribution in [0.15, 0.2) is 71.7 Å². The average molecular weight is 523 g/mol. The zero-order valence-corrected chi connectivity index (χ0v) is 21.6. The largest absolute Gasteiger partial charge is 0.494 e. The van der Waals surface area contributed by atoms with Crippen molar-refractivity contribution in [2.45, 2.75) is 25.7 Å². The van der Waals surface area contributed by atoms with Gasteiger partial charge in [0.1, 0.15) is 0 Å². The van der Waals surface area contributed by atoms with E-state index < -0.39 is 5.97 Å². The van der Waals surface area contributed by atoms with E-state index in [0.717, 1.165) is 49.2 Å². The Hall–Kier alpha value is -4.43. The third-order valence-corrected chi connectivity index (χ3v) is 7.62. The number of carboxylic acid groups (broad SMARTS) is 1. The van der Waals surface area contributed by atoms with Crippen molar-refractivity contribution >= 4 is 39.9 Å². The van der Waals surface area contributed by atoms with Gasteiger partial charge >= 0.3 is 5.97 Å². The number of likely N-dealkylation sites (tertiary alicyclic amines) is 1. The minimum Gasteiger partial charge on any atom is -0.494 e. The van der Waals surface area contributed by atoms with Crippen LogP contribution in [0.25, 0.3) is 10.9 Å². The number of aliphatic imine (C=N–C) groups is 1. The normalized spacial score (nSPS) is 16.0. The van der Waals surface area contributed by atoms with E-state index in [0.29, 0.717) is 41.0 Å². The number of anilines is 1. The fraction of sp³-hybridized carbons (Fsp3) is 0.258. The first-order chi connectivity index (χ1) is 19.0. The van der Waals surface area contributed by atoms with Crippen LogP contribution in [0.1, 0.15) is 46.3 Å². The number of carbonyl (C=O) groups is 2. The molecule has 0 atom stereocenters. The van der Waals surface area contributed by atoms with Crippen LogP contribution in [0.3, 0.4) is 0 Å². The third kappa shape index (κ3) is 4.91. The number of aromatic nitrogens is 1. The molecule has 1 saturated heterocycles. The maximum atomic E-state index is 13.1. The summed E-state index contributed by atoms with van der Waals surface area (Å²) in [5.74, 6) is -0.974. The van der Waals surface area contributed by atoms with Gasteiger partial charge in [0, 0.05) is 28.7 Å². The fourth-order valence-corrected chi connectivity index (χ4v) is 5.66. The lowest BCUT2D eigenvalue weighted by Gasteiger charge is -2.28. The molecule has 0 spiro atoms. The Balaban J connectivity index is 1.36. The zero-order valence-electron chi connectivity index (χ0n) is 21.6. The number of carbonyl (C=O) groups excluding carboxylic acids is 1. The first kappa shape index (κ1) is 24.9. The van der Waals surface area contributed by atoms with E-state index in [1.165, 1.54) is 18.6 Å². The van der Waals surface area contributed by atoms with E-state index in [1.54, 1.807) is 6.07 Å². The van der Waals surface area contributed by atoms with Crippen molar-refractivity contribution in [3.63, 3.8) is 0 Å². The fourth-order valence-electron chi connectivity index (χ4n) is 5.66. The summed E-state index contributed by atoms with van der Waals surface area (Å²) in [5.41, 5.74) is 5.27. The molecule has 3 N–H and O–H groups in total. The van der Waals surface area contributed by atoms with Crippen molar-refractivity contribution in [1.29, 1.82) is 0 Å². The lowest BCUT2D eigenvalue weighted by atomic mass is 10.00. The number of nitrogens with one attached hydrogen (secondary N) is 1. The Bertz CT molecular complexity index is 1590. The highest BCUT2D eigenvalue weighted by Crippen LogP contribution is 2.35. The van der Waals surface area contributed by atoms with Crippen LogP contribution in [0.4, 0.5) is 11.4 Å². The molecule has 6 rings (SSSR count). The van der Waals surface area contributed by atoms with Gasteiger partial charge in [-0.25, -0.2) is 9.79 Å². The van der Waals surface area contributed by atoms with Gasteiger partial charge in [-0.1, -0.05) is 42.8 Å². The van der Waals surface area contributed by atoms with Crippen LogP contribution in [-0.4, -0.2) is 63.9 Å². The molecule has 0 unspecified atom stereocenters. The number of benzene rings is 3. The van der Waals surface area contributed by atoms with E-state index >= 15 is 0 Å². The number of hydrogen-bond donors (Lipinski definition) is 3. The SMILES string of the molecule is O=C(O)c1ccc2c(C(=Nc3ccc4c(c3)CCN4C(=O)CN3CCCCC3)c3ccccc3)c(O)[nH]c2c1. The maximum Gasteiger partial charge on any atom is 0.335 e. The molecular weight excluding hydrogens is 492 g/mol. The second-order valence-corrected chi connectivity index (χ2v) is 10.2. The number of H-pyrrole nitrogens is 1. The molecule has 0 saturated carbocycles. The predicted octanol–water partition coefficient (Wildman–Crippen LogP) is 5.12. The van der Waals surface area contributed by atoms with Gasteiger partial charge in [0.05, 0.1) is 29.1 Å². The molecule has 1 aromatic heterocycles. The van der Waals surface area contributed by atoms with E-state index in [4.69, 9.17) is 4.99 Å². The first-order valence-corrected chi connectivity index (χ1v) is 13.4. The monoisotopic (exact) mass is 522 g/mol. The summed E-state index contributed by atoms with van der Waals surface area (Å²) in [5, 5.41) is 21.0. The number of fused-ring (bicyclic) bond motifs is 2. The molecule has 0 bridgehead atoms. The summed E-state index contributed by atoms with van der Waals surface area (Å²) in [4.78, 5) is 36.6. The Kier molecular flexibility index (Phi) is 6.62. The van der Waals surface area contributed by atoms with Crippen LogP contribution in [0.2, 0.25) is 0 Å². The lowest BCUT2D eigenvalue weighted by Crippen LogP contribution is -2.41. The van der Waals surface area contributed by atoms with Gasteiger partial charge in [-0.15, -0.1) is 0 Å². The summed E-state index contributed by atoms with van der Waals surface area (Å²) in [7, 11) is 0. The van der Waals surface area contributed by atoms with Crippen molar-refractivity contribution in [1.82, 2.24) is 9.88 Å². The van der Waals surface area contributed by atoms with Crippen LogP contribution < -0.4 is 4.90 Å². The summed E-state index contributed by atoms with van der Waals surface area (Å²) in [6.45, 7) is 3.10. The van der Waals surface area contributed by atoms with Crippen molar-refractivity contribution in [2.75, 3.05) is 31.1 Å². The highest BCUT2D eigenvalue weighted by atomic mass is 16.4. The van der Waals surface area contributed by atoms with Crippen LogP contribution in [0, 0.1) is 0 Å². The Morgan fingerprint density at radius 1 is 0.897 bits per heavy atom. The van der Waals surface area contributed by atoms with Gasteiger partial charge < -0.3 is 20.1 Å². The molecule has 39 heavy (non-hydrogen) atoms. The van der Waals surface area contributed by atoms with E-state index in [9.17, 15) is 19.8 Å². The van der Waals surface area contributed by atoms with Gasteiger partial charge in [-0.05, 0) is 68.2 Å². The molecule has 0 radical (unpaired) electrons. The van der Waals surface area contributed by atoms with Crippen molar-refractivity contribution in [2.24, 2.45) is 4.99 Å². The second-order valence-electron chi connectivity index (χ2n) is 10.2. The number of carboxylic acids is 1. The number of hydrogen-bond acceptors (Lipinski definition) is 5. The highest BCUT2D eigenvalue weighted by molar-refractivity contribution is 6.22. The number of aromatic carboxylic acids is 1. The lowest BCUT2D eigenvalue weighted by molar-refractivity contribution is -0.119. The number of aromatic hydroxyl groups is 1. The molecule has 2 aliphatic heterocycles. The molecule has 1 fully saturated rings. The molecule has 2 aliphatic rings. The van der Waals surface area contributed by atoms with Crippen LogP contribution in [0.5, 0.6) is 5.88 Å². The topological polar surface area (TPSA) is 109 Å². The number of piperidine rings is 1. The molecule has 3 aromatic carbocycles. The highest BCUT2D eigenvalue weighted by Gasteiger charge is 2.27. The van der Waals surface area contributed by atoms with E-state index in [2.05, 4.69) is 9.88 Å². The molecule has 1 amide bonds. The summed E-state index contributed by atoms with van der Waals surface area (Å²) >= 11 is 0. The van der Waals surface area contributed by atoms with Gasteiger partial charge in [0.15, 0.2) is 5.88 Å². The van der Waals surface area contributed by atoms with Crippen LogP contribution >= 0.6 is 0 Å². The molecular formula is C31H30N4O4. The average Bonchev–Trinajstić information content (AvgIpc) is 3.52. The molecule has 198 valence electrons. The summed E-state index contributed by atoms with van der Waals surface area (Å²) in [6, 6.07) is 20.2. The Morgan fingerprint density at radius 2 is 1.69 bits per heavy atom. The van der Waals surface area contributed by atoms with Crippen molar-refractivity contribution < 1.29 is 19.8 Å². The molecule has 8 nitrogen and oxygen atoms in total. The smallest absolute Gasteiger partial charge is 0.335 e. The quantitative estimate of drug-likeness (QED) is 0.305. The minimum atomic E-state index is -1.04. The first-order valence-electron chi connectivity index (χ1n) is 13.4. The van der Waals surface area contributed by atoms with Crippen LogP contribution in [-0.2, 0) is 11.2 Å². The zero-order chi connectivity index (χ0) is 26.9. The number of amides is 1. The molecule has 3 heterocycles. The predicted molar refractivity (Wildman–Crippen MR) is 151 cm³/mol. The Morgan fingerprint density at radius 3 is 2.46 bits per heavy atom. The minimum absolute atomic E-state index is 0.0780. The van der Waals surface area contributed by atoms with E-state index in [1.807, 2.05) is 53.4 Å². The van der Waals surface area contributed by atoms with Gasteiger partial charge in [-0.3, -0.25) is 9.69 Å². The molecule has 8 heteroatoms. The number of rotatable bonds is 6. The van der Waals surface area contributed by atoms with E-state index in [-0.39, 0.29) is 17.4 Å². The number of aromatic amines is 1. The van der Waals surface area contributed by atoms with Gasteiger partial charge in [0.25, 0.3) is 0 Å². The summed E-state index contributed by atoms with van der Waals surface area (Å²) < 4.78 is 0.